The first kappa shape index (κ1) is 20.7. The Labute approximate surface area is 183 Å². The number of hydrogen-bond donors (Lipinski definition) is 1. The summed E-state index contributed by atoms with van der Waals surface area (Å²) in [7, 11) is -3.29. The molecular formula is C22H20N2O3S3. The van der Waals surface area contributed by atoms with E-state index in [2.05, 4.69) is 5.32 Å². The Morgan fingerprint density at radius 3 is 2.40 bits per heavy atom. The van der Waals surface area contributed by atoms with Gasteiger partial charge in [-0.25, -0.2) is 13.4 Å². The lowest BCUT2D eigenvalue weighted by atomic mass is 10.1. The van der Waals surface area contributed by atoms with Gasteiger partial charge in [0.05, 0.1) is 20.9 Å². The third kappa shape index (κ3) is 3.78. The van der Waals surface area contributed by atoms with Crippen molar-refractivity contribution in [1.82, 2.24) is 4.98 Å². The van der Waals surface area contributed by atoms with Crippen molar-refractivity contribution in [2.75, 3.05) is 11.1 Å². The van der Waals surface area contributed by atoms with Gasteiger partial charge in [-0.2, -0.15) is 0 Å². The average molecular weight is 457 g/mol. The zero-order chi connectivity index (χ0) is 21.5. The predicted octanol–water partition coefficient (Wildman–Crippen LogP) is 5.69. The number of nitrogens with zero attached hydrogens (tertiary/aromatic N) is 1. The molecule has 1 amide bonds. The summed E-state index contributed by atoms with van der Waals surface area (Å²) in [5.41, 5.74) is 3.38. The van der Waals surface area contributed by atoms with E-state index >= 15 is 0 Å². The molecule has 0 aliphatic rings. The topological polar surface area (TPSA) is 76.1 Å². The molecule has 0 unspecified atom stereocenters. The summed E-state index contributed by atoms with van der Waals surface area (Å²) >= 11 is 3.12. The fourth-order valence-corrected chi connectivity index (χ4v) is 6.19. The van der Waals surface area contributed by atoms with Crippen molar-refractivity contribution in [2.45, 2.75) is 25.7 Å². The fraction of sp³-hybridized carbons (Fsp3) is 0.182. The lowest BCUT2D eigenvalue weighted by Gasteiger charge is -2.07. The quantitative estimate of drug-likeness (QED) is 0.419. The van der Waals surface area contributed by atoms with Crippen LogP contribution in [0.25, 0.3) is 20.8 Å². The Bertz CT molecular complexity index is 1320. The smallest absolute Gasteiger partial charge is 0.256 e. The highest BCUT2D eigenvalue weighted by Gasteiger charge is 2.20. The highest BCUT2D eigenvalue weighted by molar-refractivity contribution is 7.91. The predicted molar refractivity (Wildman–Crippen MR) is 125 cm³/mol. The van der Waals surface area contributed by atoms with Gasteiger partial charge in [0.2, 0.25) is 0 Å². The molecule has 5 nitrogen and oxygen atoms in total. The zero-order valence-electron chi connectivity index (χ0n) is 16.7. The molecule has 0 saturated carbocycles. The number of rotatable bonds is 5. The number of hydrogen-bond acceptors (Lipinski definition) is 6. The van der Waals surface area contributed by atoms with E-state index in [0.29, 0.717) is 5.56 Å². The maximum atomic E-state index is 12.8. The zero-order valence-corrected chi connectivity index (χ0v) is 19.2. The van der Waals surface area contributed by atoms with E-state index in [1.807, 2.05) is 38.1 Å². The normalized spacial score (nSPS) is 11.7. The van der Waals surface area contributed by atoms with Gasteiger partial charge in [-0.3, -0.25) is 4.79 Å². The molecule has 154 valence electrons. The van der Waals surface area contributed by atoms with Gasteiger partial charge in [-0.15, -0.1) is 22.7 Å². The van der Waals surface area contributed by atoms with Gasteiger partial charge >= 0.3 is 0 Å². The van der Waals surface area contributed by atoms with Crippen LogP contribution in [0.1, 0.15) is 27.7 Å². The highest BCUT2D eigenvalue weighted by atomic mass is 32.2. The van der Waals surface area contributed by atoms with Crippen LogP contribution in [0.3, 0.4) is 0 Å². The number of anilines is 1. The van der Waals surface area contributed by atoms with Crippen LogP contribution in [0.4, 0.5) is 5.00 Å². The average Bonchev–Trinajstić information content (AvgIpc) is 3.28. The van der Waals surface area contributed by atoms with Gasteiger partial charge in [0.1, 0.15) is 10.0 Å². The van der Waals surface area contributed by atoms with E-state index in [4.69, 9.17) is 4.98 Å². The molecule has 0 atom stereocenters. The summed E-state index contributed by atoms with van der Waals surface area (Å²) in [6.45, 7) is 5.66. The molecule has 2 heterocycles. The van der Waals surface area contributed by atoms with Crippen molar-refractivity contribution in [3.8, 4) is 10.6 Å². The van der Waals surface area contributed by atoms with Gasteiger partial charge in [-0.05, 0) is 55.8 Å². The summed E-state index contributed by atoms with van der Waals surface area (Å²) in [6.07, 6.45) is 0. The van der Waals surface area contributed by atoms with E-state index in [1.54, 1.807) is 30.4 Å². The lowest BCUT2D eigenvalue weighted by Crippen LogP contribution is -2.12. The highest BCUT2D eigenvalue weighted by Crippen LogP contribution is 2.43. The van der Waals surface area contributed by atoms with Crippen LogP contribution in [-0.2, 0) is 9.84 Å². The SMILES string of the molecule is CCS(=O)(=O)c1ccc(C(=O)Nc2sc(C)c(C)c2-c2nc3ccccc3s2)cc1. The number of nitrogens with one attached hydrogen (secondary N) is 1. The fourth-order valence-electron chi connectivity index (χ4n) is 3.11. The van der Waals surface area contributed by atoms with Crippen molar-refractivity contribution in [1.29, 1.82) is 0 Å². The van der Waals surface area contributed by atoms with E-state index in [1.165, 1.54) is 23.5 Å². The number of thiophene rings is 1. The minimum atomic E-state index is -3.29. The van der Waals surface area contributed by atoms with Crippen LogP contribution >= 0.6 is 22.7 Å². The molecule has 0 aliphatic carbocycles. The number of thiazole rings is 1. The number of para-hydroxylation sites is 1. The number of aromatic nitrogens is 1. The summed E-state index contributed by atoms with van der Waals surface area (Å²) < 4.78 is 25.1. The van der Waals surface area contributed by atoms with E-state index in [0.717, 1.165) is 36.2 Å². The molecule has 0 aliphatic heterocycles. The van der Waals surface area contributed by atoms with Gasteiger partial charge < -0.3 is 5.32 Å². The van der Waals surface area contributed by atoms with E-state index in [-0.39, 0.29) is 16.6 Å². The van der Waals surface area contributed by atoms with Crippen molar-refractivity contribution < 1.29 is 13.2 Å². The van der Waals surface area contributed by atoms with Crippen molar-refractivity contribution >= 4 is 53.6 Å². The molecular weight excluding hydrogens is 436 g/mol. The summed E-state index contributed by atoms with van der Waals surface area (Å²) in [6, 6.07) is 14.0. The Kier molecular flexibility index (Phi) is 5.48. The molecule has 0 radical (unpaired) electrons. The number of benzene rings is 2. The van der Waals surface area contributed by atoms with Crippen LogP contribution in [0.15, 0.2) is 53.4 Å². The van der Waals surface area contributed by atoms with Crippen LogP contribution in [0.2, 0.25) is 0 Å². The number of amides is 1. The number of carbonyl (C=O) groups excluding carboxylic acids is 1. The second kappa shape index (κ2) is 7.94. The van der Waals surface area contributed by atoms with Crippen molar-refractivity contribution in [2.24, 2.45) is 0 Å². The van der Waals surface area contributed by atoms with Crippen LogP contribution in [0.5, 0.6) is 0 Å². The lowest BCUT2D eigenvalue weighted by molar-refractivity contribution is 0.102. The number of sulfone groups is 1. The molecule has 0 spiro atoms. The molecule has 0 fully saturated rings. The van der Waals surface area contributed by atoms with Gasteiger partial charge in [0.15, 0.2) is 9.84 Å². The third-order valence-corrected chi connectivity index (χ3v) is 8.90. The summed E-state index contributed by atoms with van der Waals surface area (Å²) in [4.78, 5) is 18.9. The molecule has 0 saturated heterocycles. The largest absolute Gasteiger partial charge is 0.313 e. The van der Waals surface area contributed by atoms with Crippen LogP contribution in [0, 0.1) is 13.8 Å². The first-order valence-corrected chi connectivity index (χ1v) is 12.7. The molecule has 4 aromatic rings. The first-order chi connectivity index (χ1) is 14.3. The Hall–Kier alpha value is -2.55. The van der Waals surface area contributed by atoms with E-state index in [9.17, 15) is 13.2 Å². The van der Waals surface area contributed by atoms with Crippen molar-refractivity contribution in [3.63, 3.8) is 0 Å². The van der Waals surface area contributed by atoms with Crippen molar-refractivity contribution in [3.05, 3.63) is 64.5 Å². The summed E-state index contributed by atoms with van der Waals surface area (Å²) in [5.74, 6) is -0.253. The Morgan fingerprint density at radius 1 is 1.03 bits per heavy atom. The number of fused-ring (bicyclic) bond motifs is 1. The standard InChI is InChI=1S/C22H20N2O3S3/c1-4-30(26,27)16-11-9-15(10-12-16)20(25)24-22-19(13(2)14(3)28-22)21-23-17-7-5-6-8-18(17)29-21/h5-12H,4H2,1-3H3,(H,24,25). The first-order valence-electron chi connectivity index (χ1n) is 9.40. The molecule has 0 bridgehead atoms. The molecule has 4 rings (SSSR count). The second-order valence-corrected chi connectivity index (χ2v) is 11.4. The van der Waals surface area contributed by atoms with Gasteiger partial charge in [0, 0.05) is 16.0 Å². The maximum absolute atomic E-state index is 12.8. The number of aryl methyl sites for hydroxylation is 1. The van der Waals surface area contributed by atoms with Gasteiger partial charge in [0.25, 0.3) is 5.91 Å². The second-order valence-electron chi connectivity index (χ2n) is 6.86. The summed E-state index contributed by atoms with van der Waals surface area (Å²) in [5, 5.41) is 4.62. The Morgan fingerprint density at radius 2 is 1.73 bits per heavy atom. The van der Waals surface area contributed by atoms with Crippen LogP contribution in [-0.4, -0.2) is 25.1 Å². The minimum Gasteiger partial charge on any atom is -0.313 e. The van der Waals surface area contributed by atoms with E-state index < -0.39 is 9.84 Å². The monoisotopic (exact) mass is 456 g/mol. The third-order valence-electron chi connectivity index (χ3n) is 4.98. The molecule has 2 aromatic carbocycles. The number of carbonyl (C=O) groups is 1. The van der Waals surface area contributed by atoms with Gasteiger partial charge in [-0.1, -0.05) is 19.1 Å². The molecule has 30 heavy (non-hydrogen) atoms. The molecule has 1 N–H and O–H groups in total. The Balaban J connectivity index is 1.67. The molecule has 2 aromatic heterocycles. The minimum absolute atomic E-state index is 0.0256. The van der Waals surface area contributed by atoms with Crippen LogP contribution < -0.4 is 5.32 Å². The maximum Gasteiger partial charge on any atom is 0.256 e. The molecule has 8 heteroatoms.